The maximum Gasteiger partial charge on any atom is 0.308 e. The van der Waals surface area contributed by atoms with E-state index in [1.165, 1.54) is 0 Å². The summed E-state index contributed by atoms with van der Waals surface area (Å²) in [7, 11) is 0. The summed E-state index contributed by atoms with van der Waals surface area (Å²) in [5, 5.41) is 9.10. The number of hydrogen-bond donors (Lipinski definition) is 1. The van der Waals surface area contributed by atoms with Gasteiger partial charge in [-0.3, -0.25) is 9.59 Å². The molecule has 1 saturated heterocycles. The second kappa shape index (κ2) is 5.78. The molecule has 0 spiro atoms. The third kappa shape index (κ3) is 3.10. The molecule has 2 atom stereocenters. The van der Waals surface area contributed by atoms with Crippen LogP contribution < -0.4 is 0 Å². The van der Waals surface area contributed by atoms with Gasteiger partial charge in [0.2, 0.25) is 0 Å². The van der Waals surface area contributed by atoms with E-state index in [0.29, 0.717) is 12.1 Å². The highest BCUT2D eigenvalue weighted by Crippen LogP contribution is 2.27. The number of nitrogens with zero attached hydrogens (tertiary/aromatic N) is 1. The molecule has 1 aromatic rings. The van der Waals surface area contributed by atoms with Crippen molar-refractivity contribution in [3.8, 4) is 0 Å². The van der Waals surface area contributed by atoms with Crippen molar-refractivity contribution in [3.63, 3.8) is 0 Å². The number of likely N-dealkylation sites (tertiary alicyclic amines) is 1. The zero-order valence-corrected chi connectivity index (χ0v) is 14.0. The van der Waals surface area contributed by atoms with E-state index in [-0.39, 0.29) is 18.4 Å². The predicted molar refractivity (Wildman–Crippen MR) is 83.1 cm³/mol. The van der Waals surface area contributed by atoms with Crippen molar-refractivity contribution in [2.24, 2.45) is 11.8 Å². The molecule has 0 aliphatic carbocycles. The highest BCUT2D eigenvalue weighted by atomic mass is 127. The third-order valence-electron chi connectivity index (χ3n) is 3.38. The monoisotopic (exact) mass is 437 g/mol. The van der Waals surface area contributed by atoms with E-state index in [2.05, 4.69) is 38.5 Å². The number of halogens is 2. The van der Waals surface area contributed by atoms with Gasteiger partial charge in [-0.2, -0.15) is 0 Å². The number of rotatable bonds is 2. The Bertz CT molecular complexity index is 535. The summed E-state index contributed by atoms with van der Waals surface area (Å²) in [6.07, 6.45) is 0. The molecule has 4 nitrogen and oxygen atoms in total. The first-order chi connectivity index (χ1) is 8.90. The zero-order valence-electron chi connectivity index (χ0n) is 10.3. The normalized spacial score (nSPS) is 22.6. The summed E-state index contributed by atoms with van der Waals surface area (Å²) in [5.41, 5.74) is 0.588. The third-order valence-corrected chi connectivity index (χ3v) is 4.74. The Morgan fingerprint density at radius 1 is 1.42 bits per heavy atom. The van der Waals surface area contributed by atoms with E-state index < -0.39 is 11.9 Å². The van der Waals surface area contributed by atoms with Crippen molar-refractivity contribution in [3.05, 3.63) is 31.8 Å². The number of benzene rings is 1. The predicted octanol–water partition coefficient (Wildman–Crippen LogP) is 2.85. The van der Waals surface area contributed by atoms with E-state index in [1.807, 2.05) is 25.1 Å². The van der Waals surface area contributed by atoms with Crippen molar-refractivity contribution < 1.29 is 14.7 Å². The van der Waals surface area contributed by atoms with Gasteiger partial charge >= 0.3 is 5.97 Å². The maximum atomic E-state index is 12.4. The van der Waals surface area contributed by atoms with Gasteiger partial charge in [-0.15, -0.1) is 0 Å². The molecule has 1 aromatic carbocycles. The van der Waals surface area contributed by atoms with Crippen LogP contribution in [0.5, 0.6) is 0 Å². The number of hydrogen-bond acceptors (Lipinski definition) is 2. The summed E-state index contributed by atoms with van der Waals surface area (Å²) in [6.45, 7) is 2.65. The van der Waals surface area contributed by atoms with Crippen LogP contribution in [0.25, 0.3) is 0 Å². The van der Waals surface area contributed by atoms with Crippen molar-refractivity contribution in [2.75, 3.05) is 13.1 Å². The fraction of sp³-hybridized carbons (Fsp3) is 0.385. The lowest BCUT2D eigenvalue weighted by molar-refractivity contribution is -0.142. The molecule has 1 heterocycles. The van der Waals surface area contributed by atoms with E-state index >= 15 is 0 Å². The van der Waals surface area contributed by atoms with E-state index in [0.717, 1.165) is 8.04 Å². The highest BCUT2D eigenvalue weighted by Gasteiger charge is 2.37. The molecule has 1 fully saturated rings. The van der Waals surface area contributed by atoms with Crippen LogP contribution in [0, 0.1) is 15.4 Å². The van der Waals surface area contributed by atoms with Crippen LogP contribution in [-0.4, -0.2) is 35.0 Å². The Hall–Kier alpha value is -0.630. The molecular formula is C13H13BrINO3. The van der Waals surface area contributed by atoms with E-state index in [1.54, 1.807) is 4.90 Å². The van der Waals surface area contributed by atoms with Gasteiger partial charge in [-0.25, -0.2) is 0 Å². The van der Waals surface area contributed by atoms with Crippen molar-refractivity contribution in [1.82, 2.24) is 4.90 Å². The van der Waals surface area contributed by atoms with Crippen molar-refractivity contribution in [1.29, 1.82) is 0 Å². The zero-order chi connectivity index (χ0) is 14.2. The van der Waals surface area contributed by atoms with Gasteiger partial charge in [-0.05, 0) is 62.6 Å². The lowest BCUT2D eigenvalue weighted by Gasteiger charge is -2.17. The van der Waals surface area contributed by atoms with Crippen LogP contribution in [-0.2, 0) is 4.79 Å². The summed E-state index contributed by atoms with van der Waals surface area (Å²) < 4.78 is 1.72. The molecule has 1 aliphatic heterocycles. The first-order valence-electron chi connectivity index (χ1n) is 5.87. The SMILES string of the molecule is CC1CN(C(=O)c2cc(I)ccc2Br)CC1C(=O)O. The maximum absolute atomic E-state index is 12.4. The number of carbonyl (C=O) groups is 2. The molecule has 102 valence electrons. The second-order valence-corrected chi connectivity index (χ2v) is 6.86. The number of amides is 1. The Kier molecular flexibility index (Phi) is 4.50. The average molecular weight is 438 g/mol. The molecule has 1 aliphatic rings. The smallest absolute Gasteiger partial charge is 0.308 e. The number of carboxylic acid groups (broad SMARTS) is 1. The molecule has 1 N–H and O–H groups in total. The topological polar surface area (TPSA) is 57.6 Å². The Labute approximate surface area is 133 Å². The lowest BCUT2D eigenvalue weighted by atomic mass is 9.99. The van der Waals surface area contributed by atoms with Crippen molar-refractivity contribution >= 4 is 50.4 Å². The van der Waals surface area contributed by atoms with Crippen LogP contribution in [0.3, 0.4) is 0 Å². The molecule has 0 saturated carbocycles. The largest absolute Gasteiger partial charge is 0.481 e. The van der Waals surface area contributed by atoms with Gasteiger partial charge in [0.15, 0.2) is 0 Å². The van der Waals surface area contributed by atoms with Crippen LogP contribution >= 0.6 is 38.5 Å². The van der Waals surface area contributed by atoms with Gasteiger partial charge < -0.3 is 10.0 Å². The molecule has 6 heteroatoms. The van der Waals surface area contributed by atoms with E-state index in [9.17, 15) is 9.59 Å². The van der Waals surface area contributed by atoms with Gasteiger partial charge in [0.25, 0.3) is 5.91 Å². The molecule has 2 unspecified atom stereocenters. The number of carboxylic acids is 1. The fourth-order valence-electron chi connectivity index (χ4n) is 2.29. The minimum atomic E-state index is -0.829. The quantitative estimate of drug-likeness (QED) is 0.724. The summed E-state index contributed by atoms with van der Waals surface area (Å²) >= 11 is 5.52. The number of aliphatic carboxylic acids is 1. The van der Waals surface area contributed by atoms with Crippen LogP contribution in [0.4, 0.5) is 0 Å². The standard InChI is InChI=1S/C13H13BrINO3/c1-7-5-16(6-10(7)13(18)19)12(17)9-4-8(15)2-3-11(9)14/h2-4,7,10H,5-6H2,1H3,(H,18,19). The fourth-order valence-corrected chi connectivity index (χ4v) is 3.19. The van der Waals surface area contributed by atoms with Gasteiger partial charge in [-0.1, -0.05) is 6.92 Å². The highest BCUT2D eigenvalue weighted by molar-refractivity contribution is 14.1. The Balaban J connectivity index is 2.22. The molecule has 0 aromatic heterocycles. The average Bonchev–Trinajstić information content (AvgIpc) is 2.74. The van der Waals surface area contributed by atoms with Crippen LogP contribution in [0.1, 0.15) is 17.3 Å². The summed E-state index contributed by atoms with van der Waals surface area (Å²) in [4.78, 5) is 25.1. The Morgan fingerprint density at radius 2 is 2.11 bits per heavy atom. The molecular weight excluding hydrogens is 425 g/mol. The second-order valence-electron chi connectivity index (χ2n) is 4.76. The van der Waals surface area contributed by atoms with Crippen LogP contribution in [0.15, 0.2) is 22.7 Å². The summed E-state index contributed by atoms with van der Waals surface area (Å²) in [5.74, 6) is -1.42. The summed E-state index contributed by atoms with van der Waals surface area (Å²) in [6, 6.07) is 5.56. The minimum absolute atomic E-state index is 0.0111. The van der Waals surface area contributed by atoms with Gasteiger partial charge in [0.05, 0.1) is 11.5 Å². The van der Waals surface area contributed by atoms with Gasteiger partial charge in [0.1, 0.15) is 0 Å². The molecule has 1 amide bonds. The van der Waals surface area contributed by atoms with Gasteiger partial charge in [0, 0.05) is 21.1 Å². The van der Waals surface area contributed by atoms with Crippen molar-refractivity contribution in [2.45, 2.75) is 6.92 Å². The molecule has 2 rings (SSSR count). The Morgan fingerprint density at radius 3 is 2.68 bits per heavy atom. The lowest BCUT2D eigenvalue weighted by Crippen LogP contribution is -2.30. The van der Waals surface area contributed by atoms with E-state index in [4.69, 9.17) is 5.11 Å². The molecule has 0 bridgehead atoms. The molecule has 0 radical (unpaired) electrons. The first kappa shape index (κ1) is 14.8. The minimum Gasteiger partial charge on any atom is -0.481 e. The van der Waals surface area contributed by atoms with Crippen LogP contribution in [0.2, 0.25) is 0 Å². The first-order valence-corrected chi connectivity index (χ1v) is 7.74. The number of carbonyl (C=O) groups excluding carboxylic acids is 1. The molecule has 19 heavy (non-hydrogen) atoms.